The first kappa shape index (κ1) is 11.4. The summed E-state index contributed by atoms with van der Waals surface area (Å²) < 4.78 is 5.13. The standard InChI is InChI=1S/C11H15N5O/c1-8-10(15-7-16-11(8)17-2)13-4-3-9-5-12-6-14-9/h5-7H,3-4H2,1-2H3,(H,12,14)(H,13,15,16). The molecule has 2 aromatic heterocycles. The summed E-state index contributed by atoms with van der Waals surface area (Å²) in [5.41, 5.74) is 2.01. The van der Waals surface area contributed by atoms with Crippen molar-refractivity contribution < 1.29 is 4.74 Å². The van der Waals surface area contributed by atoms with Gasteiger partial charge in [0.25, 0.3) is 0 Å². The van der Waals surface area contributed by atoms with E-state index in [-0.39, 0.29) is 0 Å². The molecule has 0 amide bonds. The molecule has 0 fully saturated rings. The van der Waals surface area contributed by atoms with Crippen LogP contribution in [0.5, 0.6) is 5.88 Å². The number of ether oxygens (including phenoxy) is 1. The molecule has 0 radical (unpaired) electrons. The summed E-state index contributed by atoms with van der Waals surface area (Å²) in [5.74, 6) is 1.40. The first-order valence-corrected chi connectivity index (χ1v) is 5.38. The number of hydrogen-bond donors (Lipinski definition) is 2. The summed E-state index contributed by atoms with van der Waals surface area (Å²) >= 11 is 0. The van der Waals surface area contributed by atoms with Crippen LogP contribution in [0.4, 0.5) is 5.82 Å². The summed E-state index contributed by atoms with van der Waals surface area (Å²) in [7, 11) is 1.60. The Hall–Kier alpha value is -2.11. The second-order valence-corrected chi connectivity index (χ2v) is 3.61. The van der Waals surface area contributed by atoms with Crippen LogP contribution >= 0.6 is 0 Å². The summed E-state index contributed by atoms with van der Waals surface area (Å²) in [5, 5.41) is 3.25. The highest BCUT2D eigenvalue weighted by molar-refractivity contribution is 5.47. The maximum Gasteiger partial charge on any atom is 0.221 e. The van der Waals surface area contributed by atoms with Gasteiger partial charge in [-0.05, 0) is 6.92 Å². The molecule has 0 unspecified atom stereocenters. The van der Waals surface area contributed by atoms with Crippen molar-refractivity contribution in [2.75, 3.05) is 19.0 Å². The summed E-state index contributed by atoms with van der Waals surface area (Å²) in [4.78, 5) is 15.2. The Bertz CT molecular complexity index is 469. The van der Waals surface area contributed by atoms with Crippen molar-refractivity contribution >= 4 is 5.82 Å². The third-order valence-corrected chi connectivity index (χ3v) is 2.47. The lowest BCUT2D eigenvalue weighted by molar-refractivity contribution is 0.393. The zero-order chi connectivity index (χ0) is 12.1. The van der Waals surface area contributed by atoms with Crippen LogP contribution in [0.25, 0.3) is 0 Å². The van der Waals surface area contributed by atoms with Crippen LogP contribution < -0.4 is 10.1 Å². The topological polar surface area (TPSA) is 75.7 Å². The smallest absolute Gasteiger partial charge is 0.221 e. The highest BCUT2D eigenvalue weighted by Crippen LogP contribution is 2.19. The Morgan fingerprint density at radius 2 is 2.29 bits per heavy atom. The van der Waals surface area contributed by atoms with Gasteiger partial charge in [-0.15, -0.1) is 0 Å². The van der Waals surface area contributed by atoms with Gasteiger partial charge in [0, 0.05) is 24.9 Å². The van der Waals surface area contributed by atoms with E-state index in [4.69, 9.17) is 4.74 Å². The van der Waals surface area contributed by atoms with Gasteiger partial charge in [0.2, 0.25) is 5.88 Å². The number of aromatic amines is 1. The third kappa shape index (κ3) is 2.72. The monoisotopic (exact) mass is 233 g/mol. The molecule has 2 N–H and O–H groups in total. The second-order valence-electron chi connectivity index (χ2n) is 3.61. The lowest BCUT2D eigenvalue weighted by atomic mass is 10.3. The molecule has 0 aromatic carbocycles. The number of nitrogens with one attached hydrogen (secondary N) is 2. The molecule has 0 bridgehead atoms. The molecule has 0 saturated heterocycles. The highest BCUT2D eigenvalue weighted by atomic mass is 16.5. The van der Waals surface area contributed by atoms with E-state index in [2.05, 4.69) is 25.3 Å². The van der Waals surface area contributed by atoms with Crippen molar-refractivity contribution in [2.24, 2.45) is 0 Å². The zero-order valence-corrected chi connectivity index (χ0v) is 9.90. The maximum absolute atomic E-state index is 5.13. The van der Waals surface area contributed by atoms with Gasteiger partial charge in [0.1, 0.15) is 12.1 Å². The molecule has 0 atom stereocenters. The Kier molecular flexibility index (Phi) is 3.54. The van der Waals surface area contributed by atoms with Crippen molar-refractivity contribution in [3.8, 4) is 5.88 Å². The minimum atomic E-state index is 0.601. The molecule has 0 saturated carbocycles. The number of hydrogen-bond acceptors (Lipinski definition) is 5. The molecule has 90 valence electrons. The van der Waals surface area contributed by atoms with Crippen LogP contribution in [0.15, 0.2) is 18.9 Å². The minimum Gasteiger partial charge on any atom is -0.481 e. The lowest BCUT2D eigenvalue weighted by Gasteiger charge is -2.09. The average molecular weight is 233 g/mol. The first-order valence-electron chi connectivity index (χ1n) is 5.38. The number of methoxy groups -OCH3 is 1. The van der Waals surface area contributed by atoms with E-state index in [0.29, 0.717) is 5.88 Å². The third-order valence-electron chi connectivity index (χ3n) is 2.47. The molecular weight excluding hydrogens is 218 g/mol. The Morgan fingerprint density at radius 1 is 1.41 bits per heavy atom. The molecule has 2 rings (SSSR count). The van der Waals surface area contributed by atoms with E-state index in [9.17, 15) is 0 Å². The fourth-order valence-electron chi connectivity index (χ4n) is 1.55. The van der Waals surface area contributed by atoms with Crippen LogP contribution in [-0.2, 0) is 6.42 Å². The second kappa shape index (κ2) is 5.29. The average Bonchev–Trinajstić information content (AvgIpc) is 2.84. The lowest BCUT2D eigenvalue weighted by Crippen LogP contribution is -2.09. The van der Waals surface area contributed by atoms with E-state index in [1.807, 2.05) is 13.1 Å². The van der Waals surface area contributed by atoms with Gasteiger partial charge in [0.15, 0.2) is 0 Å². The zero-order valence-electron chi connectivity index (χ0n) is 9.90. The number of H-pyrrole nitrogens is 1. The van der Waals surface area contributed by atoms with Crippen molar-refractivity contribution in [3.63, 3.8) is 0 Å². The molecule has 0 aliphatic carbocycles. The molecule has 2 heterocycles. The Labute approximate surface area is 99.5 Å². The van der Waals surface area contributed by atoms with Gasteiger partial charge < -0.3 is 15.0 Å². The van der Waals surface area contributed by atoms with Crippen LogP contribution in [-0.4, -0.2) is 33.6 Å². The number of rotatable bonds is 5. The predicted molar refractivity (Wildman–Crippen MR) is 64.1 cm³/mol. The molecule has 2 aromatic rings. The fourth-order valence-corrected chi connectivity index (χ4v) is 1.55. The van der Waals surface area contributed by atoms with E-state index >= 15 is 0 Å². The molecular formula is C11H15N5O. The number of aromatic nitrogens is 4. The first-order chi connectivity index (χ1) is 8.31. The van der Waals surface area contributed by atoms with Crippen molar-refractivity contribution in [1.29, 1.82) is 0 Å². The van der Waals surface area contributed by atoms with Gasteiger partial charge in [0.05, 0.1) is 19.0 Å². The summed E-state index contributed by atoms with van der Waals surface area (Å²) in [6.07, 6.45) is 5.85. The molecule has 17 heavy (non-hydrogen) atoms. The van der Waals surface area contributed by atoms with E-state index < -0.39 is 0 Å². The number of imidazole rings is 1. The Morgan fingerprint density at radius 3 is 3.00 bits per heavy atom. The Balaban J connectivity index is 1.95. The highest BCUT2D eigenvalue weighted by Gasteiger charge is 2.06. The SMILES string of the molecule is COc1ncnc(NCCc2cnc[nH]2)c1C. The largest absolute Gasteiger partial charge is 0.481 e. The van der Waals surface area contributed by atoms with Crippen molar-refractivity contribution in [3.05, 3.63) is 30.1 Å². The minimum absolute atomic E-state index is 0.601. The van der Waals surface area contributed by atoms with Gasteiger partial charge >= 0.3 is 0 Å². The summed E-state index contributed by atoms with van der Waals surface area (Å²) in [6, 6.07) is 0. The maximum atomic E-state index is 5.13. The van der Waals surface area contributed by atoms with Gasteiger partial charge in [-0.3, -0.25) is 0 Å². The quantitative estimate of drug-likeness (QED) is 0.810. The molecule has 0 aliphatic heterocycles. The number of nitrogens with zero attached hydrogens (tertiary/aromatic N) is 3. The summed E-state index contributed by atoms with van der Waals surface area (Å²) in [6.45, 7) is 2.71. The molecule has 0 aliphatic rings. The van der Waals surface area contributed by atoms with E-state index in [1.165, 1.54) is 6.33 Å². The van der Waals surface area contributed by atoms with Crippen LogP contribution in [0, 0.1) is 6.92 Å². The van der Waals surface area contributed by atoms with Crippen LogP contribution in [0.2, 0.25) is 0 Å². The number of anilines is 1. The van der Waals surface area contributed by atoms with Crippen LogP contribution in [0.3, 0.4) is 0 Å². The van der Waals surface area contributed by atoms with Crippen molar-refractivity contribution in [1.82, 2.24) is 19.9 Å². The molecule has 0 spiro atoms. The van der Waals surface area contributed by atoms with Crippen molar-refractivity contribution in [2.45, 2.75) is 13.3 Å². The van der Waals surface area contributed by atoms with Gasteiger partial charge in [-0.2, -0.15) is 0 Å². The predicted octanol–water partition coefficient (Wildman–Crippen LogP) is 1.17. The van der Waals surface area contributed by atoms with Crippen LogP contribution in [0.1, 0.15) is 11.3 Å². The molecule has 6 heteroatoms. The molecule has 6 nitrogen and oxygen atoms in total. The van der Waals surface area contributed by atoms with Gasteiger partial charge in [-0.25, -0.2) is 15.0 Å². The van der Waals surface area contributed by atoms with E-state index in [0.717, 1.165) is 30.0 Å². The fraction of sp³-hybridized carbons (Fsp3) is 0.364. The van der Waals surface area contributed by atoms with Gasteiger partial charge in [-0.1, -0.05) is 0 Å². The normalized spacial score (nSPS) is 10.2. The van der Waals surface area contributed by atoms with E-state index in [1.54, 1.807) is 13.4 Å².